The minimum absolute atomic E-state index is 0.281. The lowest BCUT2D eigenvalue weighted by Gasteiger charge is -2.26. The number of nitrogens with zero attached hydrogens (tertiary/aromatic N) is 1. The van der Waals surface area contributed by atoms with Crippen LogP contribution in [0.5, 0.6) is 5.75 Å². The Bertz CT molecular complexity index is 371. The van der Waals surface area contributed by atoms with Crippen LogP contribution in [-0.4, -0.2) is 52.4 Å². The van der Waals surface area contributed by atoms with Crippen molar-refractivity contribution in [3.63, 3.8) is 0 Å². The highest BCUT2D eigenvalue weighted by molar-refractivity contribution is 5.36. The van der Waals surface area contributed by atoms with Gasteiger partial charge >= 0.3 is 0 Å². The molecule has 0 fully saturated rings. The molecule has 4 nitrogen and oxygen atoms in total. The maximum absolute atomic E-state index is 5.47. The van der Waals surface area contributed by atoms with E-state index < -0.39 is 0 Å². The van der Waals surface area contributed by atoms with E-state index in [9.17, 15) is 0 Å². The summed E-state index contributed by atoms with van der Waals surface area (Å²) in [6.07, 6.45) is 1.05. The molecule has 20 heavy (non-hydrogen) atoms. The first-order chi connectivity index (χ1) is 9.72. The molecule has 0 aliphatic carbocycles. The summed E-state index contributed by atoms with van der Waals surface area (Å²) < 4.78 is 10.6. The quantitative estimate of drug-likeness (QED) is 0.667. The third-order valence-electron chi connectivity index (χ3n) is 3.35. The molecule has 0 bridgehead atoms. The summed E-state index contributed by atoms with van der Waals surface area (Å²) in [5, 5.41) is 3.54. The average molecular weight is 280 g/mol. The largest absolute Gasteiger partial charge is 0.496 e. The van der Waals surface area contributed by atoms with E-state index in [1.54, 1.807) is 14.2 Å². The Balaban J connectivity index is 2.68. The van der Waals surface area contributed by atoms with Gasteiger partial charge in [0, 0.05) is 38.4 Å². The van der Waals surface area contributed by atoms with Crippen LogP contribution in [0.3, 0.4) is 0 Å². The van der Waals surface area contributed by atoms with Gasteiger partial charge in [-0.2, -0.15) is 0 Å². The minimum Gasteiger partial charge on any atom is -0.496 e. The first-order valence-corrected chi connectivity index (χ1v) is 7.26. The molecule has 0 radical (unpaired) electrons. The summed E-state index contributed by atoms with van der Waals surface area (Å²) in [5.41, 5.74) is 1.22. The summed E-state index contributed by atoms with van der Waals surface area (Å²) in [5.74, 6) is 0.948. The topological polar surface area (TPSA) is 33.7 Å². The summed E-state index contributed by atoms with van der Waals surface area (Å²) in [6.45, 7) is 5.87. The number of hydrogen-bond acceptors (Lipinski definition) is 4. The van der Waals surface area contributed by atoms with Crippen molar-refractivity contribution < 1.29 is 9.47 Å². The second kappa shape index (κ2) is 9.75. The molecule has 4 heteroatoms. The van der Waals surface area contributed by atoms with Gasteiger partial charge in [0.1, 0.15) is 5.75 Å². The van der Waals surface area contributed by atoms with Crippen LogP contribution in [0.2, 0.25) is 0 Å². The zero-order chi connectivity index (χ0) is 14.8. The van der Waals surface area contributed by atoms with Crippen LogP contribution in [0.15, 0.2) is 24.3 Å². The first kappa shape index (κ1) is 17.0. The van der Waals surface area contributed by atoms with Crippen molar-refractivity contribution in [3.05, 3.63) is 29.8 Å². The molecule has 0 aromatic heterocycles. The highest BCUT2D eigenvalue weighted by Crippen LogP contribution is 2.25. The van der Waals surface area contributed by atoms with Gasteiger partial charge in [0.2, 0.25) is 0 Å². The monoisotopic (exact) mass is 280 g/mol. The van der Waals surface area contributed by atoms with Gasteiger partial charge in [0.05, 0.1) is 7.11 Å². The molecular weight excluding hydrogens is 252 g/mol. The van der Waals surface area contributed by atoms with Crippen molar-refractivity contribution in [2.24, 2.45) is 0 Å². The SMILES string of the molecule is CCNC(CN(C)CCCOC)c1ccccc1OC. The Morgan fingerprint density at radius 1 is 1.25 bits per heavy atom. The van der Waals surface area contributed by atoms with Crippen LogP contribution in [0.4, 0.5) is 0 Å². The van der Waals surface area contributed by atoms with Crippen molar-refractivity contribution in [2.45, 2.75) is 19.4 Å². The van der Waals surface area contributed by atoms with Gasteiger partial charge in [-0.3, -0.25) is 0 Å². The number of nitrogens with one attached hydrogen (secondary N) is 1. The number of para-hydroxylation sites is 1. The van der Waals surface area contributed by atoms with Crippen LogP contribution < -0.4 is 10.1 Å². The molecule has 0 aliphatic heterocycles. The molecule has 1 aromatic carbocycles. The molecule has 1 aromatic rings. The van der Waals surface area contributed by atoms with Crippen molar-refractivity contribution >= 4 is 0 Å². The Morgan fingerprint density at radius 3 is 2.65 bits per heavy atom. The standard InChI is InChI=1S/C16H28N2O2/c1-5-17-15(13-18(2)11-8-12-19-3)14-9-6-7-10-16(14)20-4/h6-7,9-10,15,17H,5,8,11-13H2,1-4H3. The van der Waals surface area contributed by atoms with Crippen molar-refractivity contribution in [2.75, 3.05) is 47.5 Å². The molecule has 1 N–H and O–H groups in total. The van der Waals surface area contributed by atoms with Gasteiger partial charge in [-0.25, -0.2) is 0 Å². The summed E-state index contributed by atoms with van der Waals surface area (Å²) >= 11 is 0. The van der Waals surface area contributed by atoms with E-state index >= 15 is 0 Å². The lowest BCUT2D eigenvalue weighted by atomic mass is 10.0. The minimum atomic E-state index is 0.281. The molecule has 0 aliphatic rings. The molecule has 114 valence electrons. The molecule has 1 unspecified atom stereocenters. The Morgan fingerprint density at radius 2 is 2.00 bits per heavy atom. The average Bonchev–Trinajstić information content (AvgIpc) is 2.47. The lowest BCUT2D eigenvalue weighted by molar-refractivity contribution is 0.176. The Kier molecular flexibility index (Phi) is 8.26. The van der Waals surface area contributed by atoms with Crippen molar-refractivity contribution in [1.29, 1.82) is 0 Å². The highest BCUT2D eigenvalue weighted by atomic mass is 16.5. The fourth-order valence-electron chi connectivity index (χ4n) is 2.36. The Labute approximate surface area is 123 Å². The molecule has 0 saturated carbocycles. The fraction of sp³-hybridized carbons (Fsp3) is 0.625. The summed E-state index contributed by atoms with van der Waals surface area (Å²) in [7, 11) is 5.62. The van der Waals surface area contributed by atoms with Gasteiger partial charge in [-0.1, -0.05) is 25.1 Å². The maximum atomic E-state index is 5.47. The van der Waals surface area contributed by atoms with E-state index in [1.807, 2.05) is 12.1 Å². The van der Waals surface area contributed by atoms with Crippen LogP contribution in [0.25, 0.3) is 0 Å². The predicted molar refractivity (Wildman–Crippen MR) is 83.4 cm³/mol. The Hall–Kier alpha value is -1.10. The van der Waals surface area contributed by atoms with E-state index in [-0.39, 0.29) is 6.04 Å². The van der Waals surface area contributed by atoms with Gasteiger partial charge < -0.3 is 19.7 Å². The number of rotatable bonds is 10. The van der Waals surface area contributed by atoms with Gasteiger partial charge in [-0.15, -0.1) is 0 Å². The van der Waals surface area contributed by atoms with E-state index in [2.05, 4.69) is 36.3 Å². The third-order valence-corrected chi connectivity index (χ3v) is 3.35. The molecule has 0 heterocycles. The molecular formula is C16H28N2O2. The van der Waals surface area contributed by atoms with Crippen LogP contribution in [-0.2, 0) is 4.74 Å². The van der Waals surface area contributed by atoms with Gasteiger partial charge in [0.25, 0.3) is 0 Å². The maximum Gasteiger partial charge on any atom is 0.123 e. The van der Waals surface area contributed by atoms with E-state index in [1.165, 1.54) is 5.56 Å². The van der Waals surface area contributed by atoms with Crippen LogP contribution in [0.1, 0.15) is 24.9 Å². The van der Waals surface area contributed by atoms with Crippen molar-refractivity contribution in [1.82, 2.24) is 10.2 Å². The normalized spacial score (nSPS) is 12.7. The molecule has 0 saturated heterocycles. The summed E-state index contributed by atoms with van der Waals surface area (Å²) in [6, 6.07) is 8.50. The second-order valence-electron chi connectivity index (χ2n) is 4.96. The molecule has 0 amide bonds. The zero-order valence-electron chi connectivity index (χ0n) is 13.2. The summed E-state index contributed by atoms with van der Waals surface area (Å²) in [4.78, 5) is 2.33. The fourth-order valence-corrected chi connectivity index (χ4v) is 2.36. The van der Waals surface area contributed by atoms with Gasteiger partial charge in [0.15, 0.2) is 0 Å². The number of hydrogen-bond donors (Lipinski definition) is 1. The van der Waals surface area contributed by atoms with Crippen molar-refractivity contribution in [3.8, 4) is 5.75 Å². The van der Waals surface area contributed by atoms with E-state index in [4.69, 9.17) is 9.47 Å². The molecule has 0 spiro atoms. The molecule has 1 rings (SSSR count). The second-order valence-corrected chi connectivity index (χ2v) is 4.96. The number of methoxy groups -OCH3 is 2. The smallest absolute Gasteiger partial charge is 0.123 e. The predicted octanol–water partition coefficient (Wildman–Crippen LogP) is 2.31. The number of benzene rings is 1. The number of ether oxygens (including phenoxy) is 2. The van der Waals surface area contributed by atoms with Crippen LogP contribution >= 0.6 is 0 Å². The first-order valence-electron chi connectivity index (χ1n) is 7.26. The third kappa shape index (κ3) is 5.49. The zero-order valence-corrected chi connectivity index (χ0v) is 13.2. The lowest BCUT2D eigenvalue weighted by Crippen LogP contribution is -2.34. The van der Waals surface area contributed by atoms with E-state index in [0.717, 1.165) is 38.4 Å². The molecule has 1 atom stereocenters. The highest BCUT2D eigenvalue weighted by Gasteiger charge is 2.16. The van der Waals surface area contributed by atoms with Gasteiger partial charge in [-0.05, 0) is 26.1 Å². The number of likely N-dealkylation sites (N-methyl/N-ethyl adjacent to an activating group) is 2. The van der Waals surface area contributed by atoms with Crippen LogP contribution in [0, 0.1) is 0 Å². The van der Waals surface area contributed by atoms with E-state index in [0.29, 0.717) is 0 Å².